The standard InChI is InChI=1S/C11H11BrN2/c1-9-7-11(12)14(13-9)8-10-5-3-2-4-6-10/h2-7H,8H2,1H3. The quantitative estimate of drug-likeness (QED) is 0.802. The number of halogens is 1. The van der Waals surface area contributed by atoms with E-state index in [1.807, 2.05) is 35.9 Å². The third-order valence-corrected chi connectivity index (χ3v) is 2.67. The van der Waals surface area contributed by atoms with E-state index in [1.54, 1.807) is 0 Å². The van der Waals surface area contributed by atoms with E-state index >= 15 is 0 Å². The zero-order valence-electron chi connectivity index (χ0n) is 7.94. The maximum absolute atomic E-state index is 4.38. The maximum atomic E-state index is 4.38. The van der Waals surface area contributed by atoms with Gasteiger partial charge in [-0.05, 0) is 34.5 Å². The molecule has 2 rings (SSSR count). The van der Waals surface area contributed by atoms with E-state index in [-0.39, 0.29) is 0 Å². The van der Waals surface area contributed by atoms with Gasteiger partial charge in [0.15, 0.2) is 0 Å². The van der Waals surface area contributed by atoms with Crippen LogP contribution < -0.4 is 0 Å². The first-order chi connectivity index (χ1) is 6.75. The molecule has 1 aromatic heterocycles. The summed E-state index contributed by atoms with van der Waals surface area (Å²) in [5, 5.41) is 4.38. The summed E-state index contributed by atoms with van der Waals surface area (Å²) in [5.74, 6) is 0. The molecule has 2 nitrogen and oxygen atoms in total. The molecule has 0 amide bonds. The minimum atomic E-state index is 0.815. The van der Waals surface area contributed by atoms with Crippen LogP contribution in [0, 0.1) is 6.92 Å². The molecule has 72 valence electrons. The fourth-order valence-electron chi connectivity index (χ4n) is 1.38. The van der Waals surface area contributed by atoms with Crippen molar-refractivity contribution in [3.63, 3.8) is 0 Å². The molecular weight excluding hydrogens is 240 g/mol. The van der Waals surface area contributed by atoms with E-state index in [2.05, 4.69) is 33.2 Å². The van der Waals surface area contributed by atoms with Crippen LogP contribution in [0.15, 0.2) is 41.0 Å². The molecule has 0 radical (unpaired) electrons. The lowest BCUT2D eigenvalue weighted by molar-refractivity contribution is 0.665. The van der Waals surface area contributed by atoms with Gasteiger partial charge in [0.2, 0.25) is 0 Å². The van der Waals surface area contributed by atoms with Crippen molar-refractivity contribution in [3.05, 3.63) is 52.3 Å². The van der Waals surface area contributed by atoms with Gasteiger partial charge in [-0.25, -0.2) is 0 Å². The van der Waals surface area contributed by atoms with E-state index in [0.717, 1.165) is 16.8 Å². The Morgan fingerprint density at radius 2 is 2.00 bits per heavy atom. The topological polar surface area (TPSA) is 17.8 Å². The smallest absolute Gasteiger partial charge is 0.104 e. The van der Waals surface area contributed by atoms with Crippen LogP contribution in [0.4, 0.5) is 0 Å². The largest absolute Gasteiger partial charge is 0.254 e. The molecule has 0 N–H and O–H groups in total. The van der Waals surface area contributed by atoms with E-state index < -0.39 is 0 Å². The number of hydrogen-bond donors (Lipinski definition) is 0. The highest BCUT2D eigenvalue weighted by atomic mass is 79.9. The summed E-state index contributed by atoms with van der Waals surface area (Å²) >= 11 is 3.48. The molecule has 1 aromatic carbocycles. The molecule has 0 saturated carbocycles. The third-order valence-electron chi connectivity index (χ3n) is 2.03. The molecular formula is C11H11BrN2. The Bertz CT molecular complexity index is 420. The highest BCUT2D eigenvalue weighted by molar-refractivity contribution is 9.10. The van der Waals surface area contributed by atoms with E-state index in [0.29, 0.717) is 0 Å². The van der Waals surface area contributed by atoms with Gasteiger partial charge in [-0.15, -0.1) is 0 Å². The predicted octanol–water partition coefficient (Wildman–Crippen LogP) is 3.00. The van der Waals surface area contributed by atoms with E-state index in [1.165, 1.54) is 5.56 Å². The third kappa shape index (κ3) is 2.04. The van der Waals surface area contributed by atoms with Gasteiger partial charge >= 0.3 is 0 Å². The molecule has 0 bridgehead atoms. The van der Waals surface area contributed by atoms with Crippen LogP contribution in [-0.2, 0) is 6.54 Å². The molecule has 0 aliphatic heterocycles. The van der Waals surface area contributed by atoms with E-state index in [4.69, 9.17) is 0 Å². The summed E-state index contributed by atoms with van der Waals surface area (Å²) < 4.78 is 2.98. The van der Waals surface area contributed by atoms with Crippen LogP contribution in [0.2, 0.25) is 0 Å². The van der Waals surface area contributed by atoms with Crippen molar-refractivity contribution in [2.75, 3.05) is 0 Å². The average Bonchev–Trinajstić information content (AvgIpc) is 2.47. The van der Waals surface area contributed by atoms with Crippen LogP contribution in [0.3, 0.4) is 0 Å². The van der Waals surface area contributed by atoms with E-state index in [9.17, 15) is 0 Å². The summed E-state index contributed by atoms with van der Waals surface area (Å²) in [7, 11) is 0. The number of nitrogens with zero attached hydrogens (tertiary/aromatic N) is 2. The Kier molecular flexibility index (Phi) is 2.68. The zero-order valence-corrected chi connectivity index (χ0v) is 9.53. The number of rotatable bonds is 2. The van der Waals surface area contributed by atoms with Gasteiger partial charge in [-0.1, -0.05) is 30.3 Å². The summed E-state index contributed by atoms with van der Waals surface area (Å²) in [5.41, 5.74) is 2.30. The molecule has 0 aliphatic carbocycles. The van der Waals surface area contributed by atoms with Gasteiger partial charge in [-0.3, -0.25) is 4.68 Å². The van der Waals surface area contributed by atoms with Crippen LogP contribution in [0.5, 0.6) is 0 Å². The summed E-state index contributed by atoms with van der Waals surface area (Å²) in [6.45, 7) is 2.81. The molecule has 0 aliphatic rings. The first-order valence-electron chi connectivity index (χ1n) is 4.49. The van der Waals surface area contributed by atoms with Crippen molar-refractivity contribution >= 4 is 15.9 Å². The Hall–Kier alpha value is -1.09. The molecule has 0 spiro atoms. The fourth-order valence-corrected chi connectivity index (χ4v) is 1.92. The summed E-state index contributed by atoms with van der Waals surface area (Å²) in [4.78, 5) is 0. The highest BCUT2D eigenvalue weighted by Gasteiger charge is 2.01. The van der Waals surface area contributed by atoms with Crippen LogP contribution >= 0.6 is 15.9 Å². The van der Waals surface area contributed by atoms with Gasteiger partial charge in [0.1, 0.15) is 4.60 Å². The molecule has 0 atom stereocenters. The summed E-state index contributed by atoms with van der Waals surface area (Å²) in [6, 6.07) is 12.3. The average molecular weight is 251 g/mol. The molecule has 2 aromatic rings. The normalized spacial score (nSPS) is 10.4. The lowest BCUT2D eigenvalue weighted by Crippen LogP contribution is -2.01. The highest BCUT2D eigenvalue weighted by Crippen LogP contribution is 2.13. The number of aromatic nitrogens is 2. The van der Waals surface area contributed by atoms with Gasteiger partial charge < -0.3 is 0 Å². The minimum Gasteiger partial charge on any atom is -0.254 e. The Labute approximate surface area is 91.7 Å². The van der Waals surface area contributed by atoms with Crippen LogP contribution in [0.1, 0.15) is 11.3 Å². The monoisotopic (exact) mass is 250 g/mol. The number of aryl methyl sites for hydroxylation is 1. The summed E-state index contributed by atoms with van der Waals surface area (Å²) in [6.07, 6.45) is 0. The van der Waals surface area contributed by atoms with Gasteiger partial charge in [-0.2, -0.15) is 5.10 Å². The van der Waals surface area contributed by atoms with Gasteiger partial charge in [0, 0.05) is 0 Å². The number of hydrogen-bond acceptors (Lipinski definition) is 1. The van der Waals surface area contributed by atoms with Crippen molar-refractivity contribution < 1.29 is 0 Å². The molecule has 0 fully saturated rings. The fraction of sp³-hybridized carbons (Fsp3) is 0.182. The lowest BCUT2D eigenvalue weighted by Gasteiger charge is -2.02. The zero-order chi connectivity index (χ0) is 9.97. The maximum Gasteiger partial charge on any atom is 0.104 e. The predicted molar refractivity (Wildman–Crippen MR) is 60.2 cm³/mol. The number of benzene rings is 1. The molecule has 0 unspecified atom stereocenters. The van der Waals surface area contributed by atoms with Crippen molar-refractivity contribution in [3.8, 4) is 0 Å². The molecule has 0 saturated heterocycles. The molecule has 3 heteroatoms. The Morgan fingerprint density at radius 1 is 1.29 bits per heavy atom. The van der Waals surface area contributed by atoms with Crippen LogP contribution in [-0.4, -0.2) is 9.78 Å². The second kappa shape index (κ2) is 3.96. The Morgan fingerprint density at radius 3 is 2.57 bits per heavy atom. The van der Waals surface area contributed by atoms with Crippen molar-refractivity contribution in [2.24, 2.45) is 0 Å². The first kappa shape index (κ1) is 9.46. The SMILES string of the molecule is Cc1cc(Br)n(Cc2ccccc2)n1. The second-order valence-electron chi connectivity index (χ2n) is 3.25. The Balaban J connectivity index is 2.23. The van der Waals surface area contributed by atoms with Crippen molar-refractivity contribution in [1.82, 2.24) is 9.78 Å². The van der Waals surface area contributed by atoms with Gasteiger partial charge in [0.05, 0.1) is 12.2 Å². The molecule has 1 heterocycles. The first-order valence-corrected chi connectivity index (χ1v) is 5.29. The van der Waals surface area contributed by atoms with Crippen LogP contribution in [0.25, 0.3) is 0 Å². The minimum absolute atomic E-state index is 0.815. The van der Waals surface area contributed by atoms with Crippen molar-refractivity contribution in [2.45, 2.75) is 13.5 Å². The van der Waals surface area contributed by atoms with Crippen molar-refractivity contribution in [1.29, 1.82) is 0 Å². The molecule has 14 heavy (non-hydrogen) atoms. The second-order valence-corrected chi connectivity index (χ2v) is 4.06. The lowest BCUT2D eigenvalue weighted by atomic mass is 10.2. The van der Waals surface area contributed by atoms with Gasteiger partial charge in [0.25, 0.3) is 0 Å².